The van der Waals surface area contributed by atoms with Gasteiger partial charge in [0.05, 0.1) is 12.2 Å². The van der Waals surface area contributed by atoms with E-state index in [-0.39, 0.29) is 24.0 Å². The predicted octanol–water partition coefficient (Wildman–Crippen LogP) is 3.19. The Labute approximate surface area is 179 Å². The number of benzene rings is 1. The summed E-state index contributed by atoms with van der Waals surface area (Å²) in [6, 6.07) is 8.50. The highest BCUT2D eigenvalue weighted by molar-refractivity contribution is 14.0. The number of hydrogen-bond donors (Lipinski definition) is 1. The van der Waals surface area contributed by atoms with E-state index in [1.165, 1.54) is 16.7 Å². The average molecular weight is 483 g/mol. The molecule has 0 radical (unpaired) electrons. The van der Waals surface area contributed by atoms with Gasteiger partial charge in [0.25, 0.3) is 0 Å². The summed E-state index contributed by atoms with van der Waals surface area (Å²) in [6.07, 6.45) is 1.63. The maximum absolute atomic E-state index is 4.92. The highest BCUT2D eigenvalue weighted by atomic mass is 127. The number of piperazine rings is 1. The summed E-state index contributed by atoms with van der Waals surface area (Å²) in [4.78, 5) is 9.64. The SMILES string of the molecule is CCNC(=NCc1ccc(C)cc1C)N1CCN(Cc2ccon2)CC1.I. The number of hydrogen-bond acceptors (Lipinski definition) is 4. The lowest BCUT2D eigenvalue weighted by molar-refractivity contribution is 0.169. The predicted molar refractivity (Wildman–Crippen MR) is 119 cm³/mol. The van der Waals surface area contributed by atoms with Crippen LogP contribution in [0.3, 0.4) is 0 Å². The Morgan fingerprint density at radius 1 is 1.19 bits per heavy atom. The standard InChI is InChI=1S/C20H29N5O.HI/c1-4-21-20(22-14-18-6-5-16(2)13-17(18)3)25-10-8-24(9-11-25)15-19-7-12-26-23-19;/h5-7,12-13H,4,8-11,14-15H2,1-3H3,(H,21,22);1H. The minimum Gasteiger partial charge on any atom is -0.364 e. The van der Waals surface area contributed by atoms with Gasteiger partial charge in [0.1, 0.15) is 6.26 Å². The Hall–Kier alpha value is -1.61. The Bertz CT molecular complexity index is 724. The van der Waals surface area contributed by atoms with Crippen LogP contribution in [0.2, 0.25) is 0 Å². The maximum atomic E-state index is 4.92. The fraction of sp³-hybridized carbons (Fsp3) is 0.500. The molecule has 1 aliphatic heterocycles. The zero-order chi connectivity index (χ0) is 18.4. The van der Waals surface area contributed by atoms with Crippen LogP contribution in [-0.2, 0) is 13.1 Å². The van der Waals surface area contributed by atoms with Gasteiger partial charge in [0, 0.05) is 45.3 Å². The Kier molecular flexibility index (Phi) is 8.56. The van der Waals surface area contributed by atoms with Gasteiger partial charge in [-0.15, -0.1) is 24.0 Å². The lowest BCUT2D eigenvalue weighted by Crippen LogP contribution is -2.52. The molecule has 148 valence electrons. The summed E-state index contributed by atoms with van der Waals surface area (Å²) < 4.78 is 4.92. The molecule has 2 heterocycles. The van der Waals surface area contributed by atoms with E-state index in [0.717, 1.165) is 50.9 Å². The molecule has 1 aromatic heterocycles. The second-order valence-corrected chi connectivity index (χ2v) is 6.85. The summed E-state index contributed by atoms with van der Waals surface area (Å²) in [5.74, 6) is 1.01. The zero-order valence-electron chi connectivity index (χ0n) is 16.4. The molecule has 0 aliphatic carbocycles. The van der Waals surface area contributed by atoms with Crippen molar-refractivity contribution in [1.29, 1.82) is 0 Å². The molecule has 0 unspecified atom stereocenters. The Morgan fingerprint density at radius 3 is 2.59 bits per heavy atom. The Morgan fingerprint density at radius 2 is 1.96 bits per heavy atom. The number of nitrogens with one attached hydrogen (secondary N) is 1. The van der Waals surface area contributed by atoms with Crippen molar-refractivity contribution in [3.8, 4) is 0 Å². The number of aromatic nitrogens is 1. The second kappa shape index (κ2) is 10.7. The molecule has 0 bridgehead atoms. The first-order valence-corrected chi connectivity index (χ1v) is 9.36. The third-order valence-electron chi connectivity index (χ3n) is 4.78. The van der Waals surface area contributed by atoms with Gasteiger partial charge in [-0.2, -0.15) is 0 Å². The highest BCUT2D eigenvalue weighted by Gasteiger charge is 2.20. The highest BCUT2D eigenvalue weighted by Crippen LogP contribution is 2.12. The quantitative estimate of drug-likeness (QED) is 0.402. The molecule has 1 aliphatic rings. The number of rotatable bonds is 5. The fourth-order valence-electron chi connectivity index (χ4n) is 3.28. The van der Waals surface area contributed by atoms with Gasteiger partial charge in [-0.3, -0.25) is 4.90 Å². The third kappa shape index (κ3) is 6.21. The molecule has 0 spiro atoms. The van der Waals surface area contributed by atoms with Crippen LogP contribution in [0.4, 0.5) is 0 Å². The van der Waals surface area contributed by atoms with E-state index in [9.17, 15) is 0 Å². The van der Waals surface area contributed by atoms with Crippen LogP contribution in [0.25, 0.3) is 0 Å². The molecule has 6 nitrogen and oxygen atoms in total. The molecule has 3 rings (SSSR count). The van der Waals surface area contributed by atoms with E-state index >= 15 is 0 Å². The van der Waals surface area contributed by atoms with Crippen LogP contribution < -0.4 is 5.32 Å². The summed E-state index contributed by atoms with van der Waals surface area (Å²) in [7, 11) is 0. The van der Waals surface area contributed by atoms with Gasteiger partial charge in [0.2, 0.25) is 0 Å². The number of nitrogens with zero attached hydrogens (tertiary/aromatic N) is 4. The van der Waals surface area contributed by atoms with Gasteiger partial charge < -0.3 is 14.7 Å². The first-order chi connectivity index (χ1) is 12.7. The van der Waals surface area contributed by atoms with E-state index in [4.69, 9.17) is 9.52 Å². The molecule has 1 fully saturated rings. The van der Waals surface area contributed by atoms with Crippen molar-refractivity contribution in [2.75, 3.05) is 32.7 Å². The largest absolute Gasteiger partial charge is 0.364 e. The smallest absolute Gasteiger partial charge is 0.194 e. The van der Waals surface area contributed by atoms with Crippen molar-refractivity contribution < 1.29 is 4.52 Å². The fourth-order valence-corrected chi connectivity index (χ4v) is 3.28. The van der Waals surface area contributed by atoms with Gasteiger partial charge in [-0.1, -0.05) is 28.9 Å². The molecule has 0 amide bonds. The summed E-state index contributed by atoms with van der Waals surface area (Å²) in [5, 5.41) is 7.45. The molecular formula is C20H30IN5O. The maximum Gasteiger partial charge on any atom is 0.194 e. The van der Waals surface area contributed by atoms with Crippen LogP contribution in [0, 0.1) is 13.8 Å². The molecule has 0 atom stereocenters. The molecule has 1 aromatic carbocycles. The van der Waals surface area contributed by atoms with Crippen molar-refractivity contribution in [3.05, 3.63) is 52.9 Å². The number of guanidine groups is 1. The van der Waals surface area contributed by atoms with Crippen molar-refractivity contribution in [1.82, 2.24) is 20.3 Å². The number of aryl methyl sites for hydroxylation is 2. The molecule has 2 aromatic rings. The van der Waals surface area contributed by atoms with Crippen molar-refractivity contribution >= 4 is 29.9 Å². The second-order valence-electron chi connectivity index (χ2n) is 6.85. The molecule has 7 heteroatoms. The van der Waals surface area contributed by atoms with E-state index < -0.39 is 0 Å². The minimum atomic E-state index is 0. The zero-order valence-corrected chi connectivity index (χ0v) is 18.8. The topological polar surface area (TPSA) is 56.9 Å². The summed E-state index contributed by atoms with van der Waals surface area (Å²) in [5.41, 5.74) is 4.89. The number of halogens is 1. The van der Waals surface area contributed by atoms with Crippen LogP contribution >= 0.6 is 24.0 Å². The van der Waals surface area contributed by atoms with Gasteiger partial charge in [-0.05, 0) is 31.9 Å². The van der Waals surface area contributed by atoms with Crippen LogP contribution in [0.1, 0.15) is 29.3 Å². The molecule has 1 saturated heterocycles. The molecule has 1 N–H and O–H groups in total. The number of aliphatic imine (C=N–C) groups is 1. The van der Waals surface area contributed by atoms with E-state index in [1.807, 2.05) is 6.07 Å². The van der Waals surface area contributed by atoms with E-state index in [2.05, 4.69) is 59.2 Å². The van der Waals surface area contributed by atoms with E-state index in [1.54, 1.807) is 6.26 Å². The van der Waals surface area contributed by atoms with Crippen LogP contribution in [0.5, 0.6) is 0 Å². The van der Waals surface area contributed by atoms with Crippen molar-refractivity contribution in [2.45, 2.75) is 33.9 Å². The van der Waals surface area contributed by atoms with Crippen molar-refractivity contribution in [2.24, 2.45) is 4.99 Å². The monoisotopic (exact) mass is 483 g/mol. The summed E-state index contributed by atoms with van der Waals surface area (Å²) >= 11 is 0. The average Bonchev–Trinajstić information content (AvgIpc) is 3.14. The van der Waals surface area contributed by atoms with Crippen LogP contribution in [0.15, 0.2) is 40.0 Å². The lowest BCUT2D eigenvalue weighted by atomic mass is 10.1. The Balaban J connectivity index is 0.00000261. The minimum absolute atomic E-state index is 0. The normalized spacial score (nSPS) is 15.5. The van der Waals surface area contributed by atoms with Gasteiger partial charge in [-0.25, -0.2) is 4.99 Å². The van der Waals surface area contributed by atoms with Gasteiger partial charge in [0.15, 0.2) is 5.96 Å². The lowest BCUT2D eigenvalue weighted by Gasteiger charge is -2.36. The van der Waals surface area contributed by atoms with Crippen molar-refractivity contribution in [3.63, 3.8) is 0 Å². The molecular weight excluding hydrogens is 453 g/mol. The summed E-state index contributed by atoms with van der Waals surface area (Å²) in [6.45, 7) is 12.8. The van der Waals surface area contributed by atoms with Gasteiger partial charge >= 0.3 is 0 Å². The first kappa shape index (κ1) is 21.7. The third-order valence-corrected chi connectivity index (χ3v) is 4.78. The first-order valence-electron chi connectivity index (χ1n) is 9.36. The van der Waals surface area contributed by atoms with E-state index in [0.29, 0.717) is 6.54 Å². The van der Waals surface area contributed by atoms with Crippen LogP contribution in [-0.4, -0.2) is 53.6 Å². The molecule has 27 heavy (non-hydrogen) atoms. The molecule has 0 saturated carbocycles.